The fourth-order valence-corrected chi connectivity index (χ4v) is 2.51. The number of amides is 1. The van der Waals surface area contributed by atoms with Crippen molar-refractivity contribution >= 4 is 5.91 Å². The standard InChI is InChI=1S/C20H24FNO3/c1-4-24-17-7-5-6-8-18(17)25-13-19(23)22-20(14(2)3)15-9-11-16(21)12-10-15/h5-12,14,20H,4,13H2,1-3H3,(H,22,23). The average molecular weight is 345 g/mol. The van der Waals surface area contributed by atoms with Gasteiger partial charge in [0.15, 0.2) is 18.1 Å². The fraction of sp³-hybridized carbons (Fsp3) is 0.350. The van der Waals surface area contributed by atoms with Crippen molar-refractivity contribution in [3.63, 3.8) is 0 Å². The van der Waals surface area contributed by atoms with E-state index in [1.807, 2.05) is 32.9 Å². The van der Waals surface area contributed by atoms with Crippen LogP contribution in [0.4, 0.5) is 4.39 Å². The van der Waals surface area contributed by atoms with Gasteiger partial charge in [0.25, 0.3) is 5.91 Å². The first kappa shape index (κ1) is 18.8. The van der Waals surface area contributed by atoms with Gasteiger partial charge in [-0.15, -0.1) is 0 Å². The van der Waals surface area contributed by atoms with E-state index in [9.17, 15) is 9.18 Å². The van der Waals surface area contributed by atoms with Crippen LogP contribution in [0.1, 0.15) is 32.4 Å². The van der Waals surface area contributed by atoms with Gasteiger partial charge in [0.1, 0.15) is 5.82 Å². The van der Waals surface area contributed by atoms with Gasteiger partial charge < -0.3 is 14.8 Å². The van der Waals surface area contributed by atoms with E-state index >= 15 is 0 Å². The summed E-state index contributed by atoms with van der Waals surface area (Å²) in [6.07, 6.45) is 0. The van der Waals surface area contributed by atoms with Gasteiger partial charge in [-0.05, 0) is 42.7 Å². The van der Waals surface area contributed by atoms with Crippen molar-refractivity contribution in [3.05, 3.63) is 59.9 Å². The second-order valence-corrected chi connectivity index (χ2v) is 6.01. The molecule has 2 aromatic rings. The summed E-state index contributed by atoms with van der Waals surface area (Å²) < 4.78 is 24.2. The van der Waals surface area contributed by atoms with Crippen LogP contribution in [0.15, 0.2) is 48.5 Å². The third-order valence-electron chi connectivity index (χ3n) is 3.72. The highest BCUT2D eigenvalue weighted by Crippen LogP contribution is 2.26. The van der Waals surface area contributed by atoms with Crippen molar-refractivity contribution in [3.8, 4) is 11.5 Å². The molecule has 0 radical (unpaired) electrons. The number of benzene rings is 2. The molecule has 0 aromatic heterocycles. The van der Waals surface area contributed by atoms with E-state index in [0.717, 1.165) is 5.56 Å². The van der Waals surface area contributed by atoms with E-state index in [0.29, 0.717) is 18.1 Å². The fourth-order valence-electron chi connectivity index (χ4n) is 2.51. The third kappa shape index (κ3) is 5.48. The molecule has 0 saturated heterocycles. The summed E-state index contributed by atoms with van der Waals surface area (Å²) in [7, 11) is 0. The summed E-state index contributed by atoms with van der Waals surface area (Å²) in [5.41, 5.74) is 0.861. The van der Waals surface area contributed by atoms with Crippen LogP contribution < -0.4 is 14.8 Å². The molecule has 5 heteroatoms. The first-order valence-corrected chi connectivity index (χ1v) is 8.40. The van der Waals surface area contributed by atoms with E-state index < -0.39 is 0 Å². The van der Waals surface area contributed by atoms with Gasteiger partial charge in [-0.25, -0.2) is 4.39 Å². The second kappa shape index (κ2) is 9.06. The smallest absolute Gasteiger partial charge is 0.258 e. The summed E-state index contributed by atoms with van der Waals surface area (Å²) in [5, 5.41) is 2.95. The molecular weight excluding hydrogens is 321 g/mol. The van der Waals surface area contributed by atoms with Crippen LogP contribution in [0.2, 0.25) is 0 Å². The van der Waals surface area contributed by atoms with Crippen molar-refractivity contribution < 1.29 is 18.7 Å². The normalized spacial score (nSPS) is 11.9. The minimum atomic E-state index is -0.298. The summed E-state index contributed by atoms with van der Waals surface area (Å²) in [4.78, 5) is 12.3. The van der Waals surface area contributed by atoms with Crippen LogP contribution in [-0.2, 0) is 4.79 Å². The Kier molecular flexibility index (Phi) is 6.81. The zero-order valence-electron chi connectivity index (χ0n) is 14.8. The van der Waals surface area contributed by atoms with Crippen molar-refractivity contribution in [2.24, 2.45) is 5.92 Å². The topological polar surface area (TPSA) is 47.6 Å². The molecule has 0 fully saturated rings. The Bertz CT molecular complexity index is 686. The van der Waals surface area contributed by atoms with E-state index in [1.54, 1.807) is 24.3 Å². The van der Waals surface area contributed by atoms with E-state index in [1.165, 1.54) is 12.1 Å². The highest BCUT2D eigenvalue weighted by molar-refractivity contribution is 5.78. The Morgan fingerprint density at radius 2 is 1.64 bits per heavy atom. The number of hydrogen-bond donors (Lipinski definition) is 1. The molecule has 0 aliphatic heterocycles. The molecule has 0 spiro atoms. The largest absolute Gasteiger partial charge is 0.490 e. The number of halogens is 1. The van der Waals surface area contributed by atoms with Gasteiger partial charge in [0, 0.05) is 0 Å². The lowest BCUT2D eigenvalue weighted by Crippen LogP contribution is -2.35. The summed E-state index contributed by atoms with van der Waals surface area (Å²) >= 11 is 0. The van der Waals surface area contributed by atoms with Gasteiger partial charge >= 0.3 is 0 Å². The Balaban J connectivity index is 1.99. The molecule has 4 nitrogen and oxygen atoms in total. The molecule has 1 amide bonds. The van der Waals surface area contributed by atoms with Crippen LogP contribution in [0, 0.1) is 11.7 Å². The zero-order chi connectivity index (χ0) is 18.2. The number of ether oxygens (including phenoxy) is 2. The Morgan fingerprint density at radius 1 is 1.04 bits per heavy atom. The lowest BCUT2D eigenvalue weighted by molar-refractivity contribution is -0.124. The minimum absolute atomic E-state index is 0.117. The monoisotopic (exact) mass is 345 g/mol. The van der Waals surface area contributed by atoms with Crippen molar-refractivity contribution in [1.82, 2.24) is 5.32 Å². The Labute approximate surface area is 148 Å². The first-order valence-electron chi connectivity index (χ1n) is 8.40. The molecule has 2 rings (SSSR count). The van der Waals surface area contributed by atoms with E-state index in [4.69, 9.17) is 9.47 Å². The molecule has 0 heterocycles. The molecule has 134 valence electrons. The summed E-state index contributed by atoms with van der Waals surface area (Å²) in [5.74, 6) is 0.756. The number of nitrogens with one attached hydrogen (secondary N) is 1. The predicted molar refractivity (Wildman–Crippen MR) is 95.2 cm³/mol. The molecule has 0 saturated carbocycles. The maximum absolute atomic E-state index is 13.1. The molecule has 2 aromatic carbocycles. The maximum Gasteiger partial charge on any atom is 0.258 e. The van der Waals surface area contributed by atoms with Crippen molar-refractivity contribution in [2.75, 3.05) is 13.2 Å². The lowest BCUT2D eigenvalue weighted by atomic mass is 9.96. The molecule has 1 unspecified atom stereocenters. The van der Waals surface area contributed by atoms with Gasteiger partial charge in [-0.1, -0.05) is 38.1 Å². The van der Waals surface area contributed by atoms with Crippen LogP contribution in [0.25, 0.3) is 0 Å². The Hall–Kier alpha value is -2.56. The quantitative estimate of drug-likeness (QED) is 0.783. The van der Waals surface area contributed by atoms with E-state index in [-0.39, 0.29) is 30.3 Å². The molecule has 0 aliphatic rings. The lowest BCUT2D eigenvalue weighted by Gasteiger charge is -2.23. The SMILES string of the molecule is CCOc1ccccc1OCC(=O)NC(c1ccc(F)cc1)C(C)C. The molecule has 1 N–H and O–H groups in total. The average Bonchev–Trinajstić information content (AvgIpc) is 2.60. The van der Waals surface area contributed by atoms with Crippen LogP contribution >= 0.6 is 0 Å². The van der Waals surface area contributed by atoms with Gasteiger partial charge in [0.2, 0.25) is 0 Å². The molecule has 0 bridgehead atoms. The van der Waals surface area contributed by atoms with Crippen molar-refractivity contribution in [1.29, 1.82) is 0 Å². The highest BCUT2D eigenvalue weighted by atomic mass is 19.1. The molecule has 0 aliphatic carbocycles. The van der Waals surface area contributed by atoms with Crippen LogP contribution in [0.3, 0.4) is 0 Å². The Morgan fingerprint density at radius 3 is 2.20 bits per heavy atom. The molecule has 1 atom stereocenters. The first-order chi connectivity index (χ1) is 12.0. The number of para-hydroxylation sites is 2. The number of rotatable bonds is 8. The van der Waals surface area contributed by atoms with Gasteiger partial charge in [-0.2, -0.15) is 0 Å². The predicted octanol–water partition coefficient (Wildman–Crippen LogP) is 4.12. The molecule has 25 heavy (non-hydrogen) atoms. The zero-order valence-corrected chi connectivity index (χ0v) is 14.8. The van der Waals surface area contributed by atoms with Crippen LogP contribution in [-0.4, -0.2) is 19.1 Å². The molecular formula is C20H24FNO3. The van der Waals surface area contributed by atoms with Crippen LogP contribution in [0.5, 0.6) is 11.5 Å². The van der Waals surface area contributed by atoms with Crippen molar-refractivity contribution in [2.45, 2.75) is 26.8 Å². The summed E-state index contributed by atoms with van der Waals surface area (Å²) in [6.45, 7) is 6.29. The third-order valence-corrected chi connectivity index (χ3v) is 3.72. The highest BCUT2D eigenvalue weighted by Gasteiger charge is 2.19. The maximum atomic E-state index is 13.1. The van der Waals surface area contributed by atoms with Gasteiger partial charge in [-0.3, -0.25) is 4.79 Å². The minimum Gasteiger partial charge on any atom is -0.490 e. The second-order valence-electron chi connectivity index (χ2n) is 6.01. The number of carbonyl (C=O) groups excluding carboxylic acids is 1. The van der Waals surface area contributed by atoms with Gasteiger partial charge in [0.05, 0.1) is 12.6 Å². The van der Waals surface area contributed by atoms with E-state index in [2.05, 4.69) is 5.32 Å². The summed E-state index contributed by atoms with van der Waals surface area (Å²) in [6, 6.07) is 13.2. The number of hydrogen-bond acceptors (Lipinski definition) is 3. The number of carbonyl (C=O) groups is 1.